The number of hydrogen-bond donors (Lipinski definition) is 2. The number of phenols is 1. The third-order valence-corrected chi connectivity index (χ3v) is 5.97. The molecule has 0 radical (unpaired) electrons. The van der Waals surface area contributed by atoms with Gasteiger partial charge in [-0.1, -0.05) is 0 Å². The van der Waals surface area contributed by atoms with Gasteiger partial charge < -0.3 is 24.6 Å². The number of hydrogen-bond acceptors (Lipinski definition) is 8. The van der Waals surface area contributed by atoms with Crippen LogP contribution in [-0.2, 0) is 24.8 Å². The number of phenolic OH excluding ortho intramolecular Hbond substituents is 1. The fourth-order valence-corrected chi connectivity index (χ4v) is 4.39. The second-order valence-electron chi connectivity index (χ2n) is 6.02. The maximum atomic E-state index is 12.6. The van der Waals surface area contributed by atoms with E-state index in [-0.39, 0.29) is 41.8 Å². The standard InChI is InChI=1S/C18H22BrNO7S/c1-25-13-7-12(21)10-8-28-9-11(17(23)26-2)20-14(22)5-3-4-6-27-18(24)15(10)16(13)19/h7,11,21H,3-6,8-9H2,1-2H3,(H,20,22)/t11-/m0/s1. The van der Waals surface area contributed by atoms with Crippen LogP contribution in [0.1, 0.15) is 35.2 Å². The van der Waals surface area contributed by atoms with E-state index in [4.69, 9.17) is 14.2 Å². The van der Waals surface area contributed by atoms with Gasteiger partial charge in [-0.3, -0.25) is 4.79 Å². The second kappa shape index (κ2) is 10.6. The van der Waals surface area contributed by atoms with Gasteiger partial charge in [0.15, 0.2) is 0 Å². The van der Waals surface area contributed by atoms with E-state index in [9.17, 15) is 19.5 Å². The number of amides is 1. The highest BCUT2D eigenvalue weighted by Gasteiger charge is 2.26. The summed E-state index contributed by atoms with van der Waals surface area (Å²) in [5.74, 6) is -0.798. The summed E-state index contributed by atoms with van der Waals surface area (Å²) in [4.78, 5) is 36.6. The van der Waals surface area contributed by atoms with Crippen molar-refractivity contribution >= 4 is 45.5 Å². The molecule has 28 heavy (non-hydrogen) atoms. The molecule has 0 aliphatic carbocycles. The average molecular weight is 476 g/mol. The zero-order valence-corrected chi connectivity index (χ0v) is 18.0. The zero-order valence-electron chi connectivity index (χ0n) is 15.6. The van der Waals surface area contributed by atoms with Crippen LogP contribution in [0.2, 0.25) is 0 Å². The number of thioether (sulfide) groups is 1. The highest BCUT2D eigenvalue weighted by Crippen LogP contribution is 2.39. The Morgan fingerprint density at radius 2 is 2.11 bits per heavy atom. The van der Waals surface area contributed by atoms with Crippen LogP contribution < -0.4 is 10.1 Å². The van der Waals surface area contributed by atoms with Crippen LogP contribution >= 0.6 is 27.7 Å². The van der Waals surface area contributed by atoms with Crippen molar-refractivity contribution in [2.24, 2.45) is 0 Å². The van der Waals surface area contributed by atoms with Crippen molar-refractivity contribution < 1.29 is 33.7 Å². The lowest BCUT2D eigenvalue weighted by atomic mass is 10.1. The fourth-order valence-electron chi connectivity index (χ4n) is 2.65. The summed E-state index contributed by atoms with van der Waals surface area (Å²) in [5, 5.41) is 13.1. The van der Waals surface area contributed by atoms with Gasteiger partial charge in [-0.25, -0.2) is 9.59 Å². The van der Waals surface area contributed by atoms with E-state index >= 15 is 0 Å². The molecule has 10 heteroatoms. The van der Waals surface area contributed by atoms with E-state index in [0.717, 1.165) is 0 Å². The zero-order chi connectivity index (χ0) is 20.7. The predicted molar refractivity (Wildman–Crippen MR) is 107 cm³/mol. The van der Waals surface area contributed by atoms with Gasteiger partial charge in [0.2, 0.25) is 5.91 Å². The number of cyclic esters (lactones) is 1. The molecule has 1 heterocycles. The molecule has 0 saturated heterocycles. The van der Waals surface area contributed by atoms with Crippen molar-refractivity contribution in [3.05, 3.63) is 21.7 Å². The third kappa shape index (κ3) is 5.54. The molecule has 1 atom stereocenters. The molecule has 2 rings (SSSR count). The highest BCUT2D eigenvalue weighted by molar-refractivity contribution is 9.10. The number of nitrogens with one attached hydrogen (secondary N) is 1. The first-order chi connectivity index (χ1) is 13.4. The Labute approximate surface area is 175 Å². The smallest absolute Gasteiger partial charge is 0.339 e. The lowest BCUT2D eigenvalue weighted by molar-refractivity contribution is -0.144. The van der Waals surface area contributed by atoms with Gasteiger partial charge in [-0.05, 0) is 28.8 Å². The Bertz CT molecular complexity index is 756. The molecule has 0 bridgehead atoms. The van der Waals surface area contributed by atoms with Crippen LogP contribution in [-0.4, -0.2) is 55.6 Å². The van der Waals surface area contributed by atoms with E-state index in [1.165, 1.54) is 32.0 Å². The molecular weight excluding hydrogens is 454 g/mol. The number of esters is 2. The molecule has 0 spiro atoms. The predicted octanol–water partition coefficient (Wildman–Crippen LogP) is 2.39. The van der Waals surface area contributed by atoms with Gasteiger partial charge in [0.1, 0.15) is 17.5 Å². The summed E-state index contributed by atoms with van der Waals surface area (Å²) in [7, 11) is 2.68. The highest BCUT2D eigenvalue weighted by atomic mass is 79.9. The molecule has 1 amide bonds. The molecule has 1 aliphatic heterocycles. The fraction of sp³-hybridized carbons (Fsp3) is 0.500. The summed E-state index contributed by atoms with van der Waals surface area (Å²) >= 11 is 4.62. The monoisotopic (exact) mass is 475 g/mol. The quantitative estimate of drug-likeness (QED) is 0.627. The van der Waals surface area contributed by atoms with Crippen LogP contribution in [0.4, 0.5) is 0 Å². The molecule has 1 aromatic rings. The number of ether oxygens (including phenoxy) is 3. The first-order valence-corrected chi connectivity index (χ1v) is 10.5. The van der Waals surface area contributed by atoms with Crippen LogP contribution in [0.15, 0.2) is 10.5 Å². The molecule has 154 valence electrons. The van der Waals surface area contributed by atoms with Gasteiger partial charge in [0.25, 0.3) is 0 Å². The first kappa shape index (κ1) is 22.4. The summed E-state index contributed by atoms with van der Waals surface area (Å²) in [6.07, 6.45) is 1.20. The first-order valence-electron chi connectivity index (χ1n) is 8.59. The molecule has 0 fully saturated rings. The number of rotatable bonds is 2. The minimum absolute atomic E-state index is 0.120. The SMILES string of the molecule is COC(=O)[C@@H]1CSCc2c(O)cc(OC)c(Br)c2C(=O)OCCCCC(=O)N1. The summed E-state index contributed by atoms with van der Waals surface area (Å²) in [5.41, 5.74) is 0.537. The minimum Gasteiger partial charge on any atom is -0.507 e. The average Bonchev–Trinajstić information content (AvgIpc) is 2.67. The van der Waals surface area contributed by atoms with E-state index in [2.05, 4.69) is 21.2 Å². The maximum absolute atomic E-state index is 12.6. The van der Waals surface area contributed by atoms with E-state index in [1.807, 2.05) is 0 Å². The van der Waals surface area contributed by atoms with Gasteiger partial charge >= 0.3 is 11.9 Å². The summed E-state index contributed by atoms with van der Waals surface area (Å²) in [6.45, 7) is 0.129. The van der Waals surface area contributed by atoms with Crippen molar-refractivity contribution in [2.45, 2.75) is 31.1 Å². The van der Waals surface area contributed by atoms with Crippen LogP contribution in [0.5, 0.6) is 11.5 Å². The Morgan fingerprint density at radius 3 is 2.79 bits per heavy atom. The van der Waals surface area contributed by atoms with Crippen molar-refractivity contribution in [2.75, 3.05) is 26.6 Å². The van der Waals surface area contributed by atoms with E-state index in [0.29, 0.717) is 28.6 Å². The van der Waals surface area contributed by atoms with Crippen LogP contribution in [0, 0.1) is 0 Å². The Balaban J connectivity index is 2.35. The Hall–Kier alpha value is -1.94. The lowest BCUT2D eigenvalue weighted by Crippen LogP contribution is -2.43. The van der Waals surface area contributed by atoms with Crippen molar-refractivity contribution in [3.8, 4) is 11.5 Å². The van der Waals surface area contributed by atoms with Crippen molar-refractivity contribution in [1.29, 1.82) is 0 Å². The van der Waals surface area contributed by atoms with Crippen LogP contribution in [0.25, 0.3) is 0 Å². The largest absolute Gasteiger partial charge is 0.507 e. The number of halogens is 1. The topological polar surface area (TPSA) is 111 Å². The summed E-state index contributed by atoms with van der Waals surface area (Å²) in [6, 6.07) is 0.587. The Kier molecular flexibility index (Phi) is 8.43. The van der Waals surface area contributed by atoms with Gasteiger partial charge in [0, 0.05) is 29.6 Å². The van der Waals surface area contributed by atoms with Gasteiger partial charge in [-0.15, -0.1) is 0 Å². The van der Waals surface area contributed by atoms with Crippen molar-refractivity contribution in [3.63, 3.8) is 0 Å². The molecular formula is C18H22BrNO7S. The molecule has 2 N–H and O–H groups in total. The maximum Gasteiger partial charge on any atom is 0.339 e. The number of carbonyl (C=O) groups is 3. The molecule has 1 aromatic carbocycles. The van der Waals surface area contributed by atoms with Crippen molar-refractivity contribution in [1.82, 2.24) is 5.32 Å². The molecule has 0 saturated carbocycles. The normalized spacial score (nSPS) is 18.9. The van der Waals surface area contributed by atoms with E-state index in [1.54, 1.807) is 0 Å². The number of carbonyl (C=O) groups excluding carboxylic acids is 3. The Morgan fingerprint density at radius 1 is 1.36 bits per heavy atom. The van der Waals surface area contributed by atoms with Gasteiger partial charge in [-0.2, -0.15) is 11.8 Å². The van der Waals surface area contributed by atoms with Gasteiger partial charge in [0.05, 0.1) is 30.9 Å². The summed E-state index contributed by atoms with van der Waals surface area (Å²) < 4.78 is 15.6. The number of benzene rings is 1. The number of methoxy groups -OCH3 is 2. The number of fused-ring (bicyclic) bond motifs is 1. The van der Waals surface area contributed by atoms with E-state index < -0.39 is 18.0 Å². The second-order valence-corrected chi connectivity index (χ2v) is 7.84. The molecule has 0 unspecified atom stereocenters. The lowest BCUT2D eigenvalue weighted by Gasteiger charge is -2.19. The molecule has 0 aromatic heterocycles. The van der Waals surface area contributed by atoms with Crippen LogP contribution in [0.3, 0.4) is 0 Å². The minimum atomic E-state index is -0.815. The number of aromatic hydroxyl groups is 1. The third-order valence-electron chi connectivity index (χ3n) is 4.12. The molecule has 1 aliphatic rings. The molecule has 8 nitrogen and oxygen atoms in total.